The fraction of sp³-hybridized carbons (Fsp3) is 0.667. The van der Waals surface area contributed by atoms with E-state index >= 15 is 0 Å². The second-order valence-corrected chi connectivity index (χ2v) is 9.22. The van der Waals surface area contributed by atoms with Crippen LogP contribution in [0.3, 0.4) is 0 Å². The molecule has 0 amide bonds. The van der Waals surface area contributed by atoms with Crippen LogP contribution in [-0.4, -0.2) is 29.3 Å². The quantitative estimate of drug-likeness (QED) is 0.607. The number of esters is 2. The van der Waals surface area contributed by atoms with Crippen LogP contribution in [0.15, 0.2) is 18.2 Å². The molecular weight excluding hydrogens is 368 g/mol. The lowest BCUT2D eigenvalue weighted by Crippen LogP contribution is -2.46. The van der Waals surface area contributed by atoms with Gasteiger partial charge in [-0.3, -0.25) is 9.59 Å². The van der Waals surface area contributed by atoms with Crippen molar-refractivity contribution in [3.8, 4) is 5.75 Å². The van der Waals surface area contributed by atoms with Crippen LogP contribution < -0.4 is 4.74 Å². The van der Waals surface area contributed by atoms with Crippen LogP contribution >= 0.6 is 0 Å². The second kappa shape index (κ2) is 7.75. The minimum atomic E-state index is -0.573. The number of benzene rings is 1. The maximum atomic E-state index is 11.9. The fourth-order valence-corrected chi connectivity index (χ4v) is 6.23. The van der Waals surface area contributed by atoms with Gasteiger partial charge in [-0.2, -0.15) is 0 Å². The molecule has 3 aliphatic carbocycles. The van der Waals surface area contributed by atoms with Crippen molar-refractivity contribution in [2.45, 2.75) is 83.8 Å². The van der Waals surface area contributed by atoms with Gasteiger partial charge in [0.25, 0.3) is 0 Å². The van der Waals surface area contributed by atoms with Crippen LogP contribution in [0.5, 0.6) is 5.75 Å². The molecule has 2 fully saturated rings. The molecule has 0 bridgehead atoms. The number of ether oxygens (including phenoxy) is 2. The minimum absolute atomic E-state index is 0.153. The number of hydrogen-bond donors (Lipinski definition) is 1. The van der Waals surface area contributed by atoms with Crippen molar-refractivity contribution in [2.75, 3.05) is 0 Å². The lowest BCUT2D eigenvalue weighted by molar-refractivity contribution is -0.163. The predicted molar refractivity (Wildman–Crippen MR) is 109 cm³/mol. The van der Waals surface area contributed by atoms with E-state index in [0.717, 1.165) is 25.7 Å². The smallest absolute Gasteiger partial charge is 0.310 e. The van der Waals surface area contributed by atoms with Crippen molar-refractivity contribution in [3.05, 3.63) is 29.3 Å². The number of hydrogen-bond acceptors (Lipinski definition) is 5. The zero-order valence-electron chi connectivity index (χ0n) is 17.6. The van der Waals surface area contributed by atoms with Crippen molar-refractivity contribution in [1.82, 2.24) is 0 Å². The Kier molecular flexibility index (Phi) is 5.45. The van der Waals surface area contributed by atoms with E-state index in [2.05, 4.69) is 13.0 Å². The number of fused-ring (bicyclic) bond motifs is 5. The highest BCUT2D eigenvalue weighted by atomic mass is 16.6. The summed E-state index contributed by atoms with van der Waals surface area (Å²) in [6.07, 6.45) is 4.45. The van der Waals surface area contributed by atoms with Gasteiger partial charge in [0.05, 0.1) is 6.10 Å². The molecule has 1 aromatic carbocycles. The zero-order chi connectivity index (χ0) is 20.8. The van der Waals surface area contributed by atoms with E-state index in [1.165, 1.54) is 11.1 Å². The van der Waals surface area contributed by atoms with Gasteiger partial charge in [-0.15, -0.1) is 0 Å². The van der Waals surface area contributed by atoms with E-state index in [0.29, 0.717) is 42.8 Å². The number of aliphatic hydroxyl groups excluding tert-OH is 1. The molecule has 0 aliphatic heterocycles. The summed E-state index contributed by atoms with van der Waals surface area (Å²) in [5, 5.41) is 10.7. The summed E-state index contributed by atoms with van der Waals surface area (Å²) in [5.74, 6) is 1.51. The normalized spacial score (nSPS) is 35.2. The lowest BCUT2D eigenvalue weighted by Gasteiger charge is -2.50. The number of aryl methyl sites for hydroxylation is 1. The summed E-state index contributed by atoms with van der Waals surface area (Å²) >= 11 is 0. The highest BCUT2D eigenvalue weighted by Crippen LogP contribution is 2.61. The van der Waals surface area contributed by atoms with Crippen LogP contribution in [0, 0.1) is 17.3 Å². The summed E-state index contributed by atoms with van der Waals surface area (Å²) in [6, 6.07) is 6.08. The molecule has 2 saturated carbocycles. The van der Waals surface area contributed by atoms with E-state index in [9.17, 15) is 14.7 Å². The second-order valence-electron chi connectivity index (χ2n) is 9.22. The Morgan fingerprint density at radius 3 is 2.66 bits per heavy atom. The first kappa shape index (κ1) is 20.4. The molecule has 1 aromatic rings. The Morgan fingerprint density at radius 2 is 1.93 bits per heavy atom. The summed E-state index contributed by atoms with van der Waals surface area (Å²) in [7, 11) is 0. The third-order valence-electron chi connectivity index (χ3n) is 7.70. The monoisotopic (exact) mass is 400 g/mol. The Labute approximate surface area is 172 Å². The topological polar surface area (TPSA) is 72.8 Å². The van der Waals surface area contributed by atoms with Crippen LogP contribution in [0.2, 0.25) is 0 Å². The molecule has 1 N–H and O–H groups in total. The third kappa shape index (κ3) is 3.48. The van der Waals surface area contributed by atoms with Gasteiger partial charge >= 0.3 is 11.9 Å². The molecule has 3 aliphatic rings. The van der Waals surface area contributed by atoms with E-state index in [1.807, 2.05) is 12.1 Å². The molecule has 6 atom stereocenters. The van der Waals surface area contributed by atoms with Crippen LogP contribution in [-0.2, 0) is 20.7 Å². The Bertz CT molecular complexity index is 802. The maximum Gasteiger partial charge on any atom is 0.310 e. The predicted octanol–water partition coefficient (Wildman–Crippen LogP) is 4.15. The number of rotatable bonds is 4. The summed E-state index contributed by atoms with van der Waals surface area (Å²) in [6.45, 7) is 5.80. The highest BCUT2D eigenvalue weighted by molar-refractivity contribution is 5.72. The third-order valence-corrected chi connectivity index (χ3v) is 7.70. The van der Waals surface area contributed by atoms with E-state index in [-0.39, 0.29) is 17.4 Å². The Hall–Kier alpha value is -1.88. The molecule has 4 rings (SSSR count). The van der Waals surface area contributed by atoms with Crippen molar-refractivity contribution >= 4 is 11.9 Å². The number of carbonyl (C=O) groups excluding carboxylic acids is 2. The molecule has 0 spiro atoms. The molecule has 0 heterocycles. The minimum Gasteiger partial charge on any atom is -0.459 e. The zero-order valence-corrected chi connectivity index (χ0v) is 17.6. The van der Waals surface area contributed by atoms with Gasteiger partial charge in [-0.1, -0.05) is 26.8 Å². The SMILES string of the molecule is CCC(=O)Oc1ccc2c(c1)CC[C@@H]1[C@@H]2CC[C@@]2(C)[C@H]1C[C@@H](O)[C@@H]2OC(=O)CC. The Balaban J connectivity index is 1.57. The van der Waals surface area contributed by atoms with E-state index in [4.69, 9.17) is 9.47 Å². The fourth-order valence-electron chi connectivity index (χ4n) is 6.23. The average molecular weight is 401 g/mol. The summed E-state index contributed by atoms with van der Waals surface area (Å²) < 4.78 is 11.1. The lowest BCUT2D eigenvalue weighted by atomic mass is 9.55. The van der Waals surface area contributed by atoms with Crippen molar-refractivity contribution in [3.63, 3.8) is 0 Å². The standard InChI is InChI=1S/C24H32O5/c1-4-21(26)28-15-7-9-16-14(12-15)6-8-18-17(16)10-11-24(3)19(18)13-20(25)23(24)29-22(27)5-2/h7,9,12,17-20,23,25H,4-6,8,10-11,13H2,1-3H3/t17-,18-,19+,20-,23+,24+/m1/s1. The van der Waals surface area contributed by atoms with Gasteiger partial charge in [0.15, 0.2) is 0 Å². The average Bonchev–Trinajstić information content (AvgIpc) is 2.97. The van der Waals surface area contributed by atoms with Crippen molar-refractivity contribution in [2.24, 2.45) is 17.3 Å². The first-order valence-corrected chi connectivity index (χ1v) is 11.1. The first-order chi connectivity index (χ1) is 13.9. The van der Waals surface area contributed by atoms with Gasteiger partial charge in [0, 0.05) is 18.3 Å². The number of aliphatic hydroxyl groups is 1. The largest absolute Gasteiger partial charge is 0.459 e. The van der Waals surface area contributed by atoms with Gasteiger partial charge in [0.1, 0.15) is 11.9 Å². The van der Waals surface area contributed by atoms with E-state index < -0.39 is 12.2 Å². The van der Waals surface area contributed by atoms with Gasteiger partial charge in [-0.05, 0) is 73.1 Å². The molecule has 29 heavy (non-hydrogen) atoms. The van der Waals surface area contributed by atoms with Gasteiger partial charge < -0.3 is 14.6 Å². The van der Waals surface area contributed by atoms with Crippen LogP contribution in [0.4, 0.5) is 0 Å². The Morgan fingerprint density at radius 1 is 1.17 bits per heavy atom. The first-order valence-electron chi connectivity index (χ1n) is 11.1. The van der Waals surface area contributed by atoms with Crippen molar-refractivity contribution in [1.29, 1.82) is 0 Å². The highest BCUT2D eigenvalue weighted by Gasteiger charge is 2.59. The maximum absolute atomic E-state index is 11.9. The molecule has 158 valence electrons. The molecule has 0 aromatic heterocycles. The summed E-state index contributed by atoms with van der Waals surface area (Å²) in [5.41, 5.74) is 2.49. The summed E-state index contributed by atoms with van der Waals surface area (Å²) in [4.78, 5) is 23.6. The molecule has 5 nitrogen and oxygen atoms in total. The van der Waals surface area contributed by atoms with Crippen LogP contribution in [0.25, 0.3) is 0 Å². The van der Waals surface area contributed by atoms with Crippen LogP contribution in [0.1, 0.15) is 76.3 Å². The molecule has 0 unspecified atom stereocenters. The van der Waals surface area contributed by atoms with Gasteiger partial charge in [0.2, 0.25) is 0 Å². The van der Waals surface area contributed by atoms with E-state index in [1.54, 1.807) is 13.8 Å². The van der Waals surface area contributed by atoms with Crippen molar-refractivity contribution < 1.29 is 24.2 Å². The molecule has 0 radical (unpaired) electrons. The number of carbonyl (C=O) groups is 2. The molecule has 0 saturated heterocycles. The molecular formula is C24H32O5. The molecule has 5 heteroatoms. The van der Waals surface area contributed by atoms with Gasteiger partial charge in [-0.25, -0.2) is 0 Å².